The Morgan fingerprint density at radius 2 is 1.90 bits per heavy atom. The van der Waals surface area contributed by atoms with E-state index in [1.165, 1.54) is 6.07 Å². The second-order valence-electron chi connectivity index (χ2n) is 3.93. The number of benzene rings is 2. The molecule has 0 saturated carbocycles. The minimum absolute atomic E-state index is 0.0846. The van der Waals surface area contributed by atoms with Crippen LogP contribution in [0.4, 0.5) is 4.39 Å². The van der Waals surface area contributed by atoms with Crippen molar-refractivity contribution >= 4 is 23.2 Å². The molecule has 0 fully saturated rings. The lowest BCUT2D eigenvalue weighted by Gasteiger charge is -2.09. The zero-order chi connectivity index (χ0) is 14.4. The third-order valence-electron chi connectivity index (χ3n) is 2.59. The molecule has 1 nitrogen and oxygen atoms in total. The van der Waals surface area contributed by atoms with Gasteiger partial charge in [-0.2, -0.15) is 0 Å². The largest absolute Gasteiger partial charge is 0.487 e. The van der Waals surface area contributed by atoms with E-state index in [4.69, 9.17) is 27.9 Å². The van der Waals surface area contributed by atoms with Gasteiger partial charge in [0.15, 0.2) is 0 Å². The van der Waals surface area contributed by atoms with Gasteiger partial charge < -0.3 is 4.74 Å². The third kappa shape index (κ3) is 3.66. The highest BCUT2D eigenvalue weighted by molar-refractivity contribution is 6.30. The SMILES string of the molecule is Fc1c(Cl)cccc1COc1ccccc1C#CCCl. The molecule has 0 heterocycles. The smallest absolute Gasteiger partial charge is 0.148 e. The molecule has 0 spiro atoms. The highest BCUT2D eigenvalue weighted by Crippen LogP contribution is 2.22. The fraction of sp³-hybridized carbons (Fsp3) is 0.125. The normalized spacial score (nSPS) is 9.75. The zero-order valence-corrected chi connectivity index (χ0v) is 12.0. The number of rotatable bonds is 3. The van der Waals surface area contributed by atoms with Crippen LogP contribution in [0.3, 0.4) is 0 Å². The molecule has 2 aromatic rings. The fourth-order valence-electron chi connectivity index (χ4n) is 1.64. The van der Waals surface area contributed by atoms with Crippen molar-refractivity contribution in [3.63, 3.8) is 0 Å². The molecule has 0 aliphatic heterocycles. The van der Waals surface area contributed by atoms with Crippen molar-refractivity contribution < 1.29 is 9.13 Å². The molecule has 2 aromatic carbocycles. The average Bonchev–Trinajstić information content (AvgIpc) is 2.47. The summed E-state index contributed by atoms with van der Waals surface area (Å²) in [6, 6.07) is 12.1. The van der Waals surface area contributed by atoms with Crippen molar-refractivity contribution in [2.24, 2.45) is 0 Å². The molecule has 0 amide bonds. The Bertz CT molecular complexity index is 659. The molecule has 0 aliphatic rings. The predicted molar refractivity (Wildman–Crippen MR) is 79.8 cm³/mol. The summed E-state index contributed by atoms with van der Waals surface area (Å²) in [6.07, 6.45) is 0. The van der Waals surface area contributed by atoms with E-state index < -0.39 is 5.82 Å². The Morgan fingerprint density at radius 3 is 2.70 bits per heavy atom. The van der Waals surface area contributed by atoms with Gasteiger partial charge in [-0.05, 0) is 18.2 Å². The second kappa shape index (κ2) is 7.19. The summed E-state index contributed by atoms with van der Waals surface area (Å²) in [5, 5.41) is 0.0846. The Morgan fingerprint density at radius 1 is 1.10 bits per heavy atom. The highest BCUT2D eigenvalue weighted by atomic mass is 35.5. The number of alkyl halides is 1. The zero-order valence-electron chi connectivity index (χ0n) is 10.5. The van der Waals surface area contributed by atoms with Crippen molar-refractivity contribution in [1.82, 2.24) is 0 Å². The maximum Gasteiger partial charge on any atom is 0.148 e. The van der Waals surface area contributed by atoms with Crippen molar-refractivity contribution in [3.05, 3.63) is 64.4 Å². The van der Waals surface area contributed by atoms with E-state index in [1.54, 1.807) is 18.2 Å². The Labute approximate surface area is 127 Å². The van der Waals surface area contributed by atoms with Crippen LogP contribution in [0, 0.1) is 17.7 Å². The van der Waals surface area contributed by atoms with E-state index in [0.29, 0.717) is 11.3 Å². The lowest BCUT2D eigenvalue weighted by molar-refractivity contribution is 0.299. The molecule has 2 rings (SSSR count). The van der Waals surface area contributed by atoms with Gasteiger partial charge in [0.05, 0.1) is 16.5 Å². The van der Waals surface area contributed by atoms with Crippen LogP contribution in [-0.4, -0.2) is 5.88 Å². The van der Waals surface area contributed by atoms with Gasteiger partial charge >= 0.3 is 0 Å². The summed E-state index contributed by atoms with van der Waals surface area (Å²) in [7, 11) is 0. The van der Waals surface area contributed by atoms with Gasteiger partial charge in [-0.1, -0.05) is 47.7 Å². The third-order valence-corrected chi connectivity index (χ3v) is 3.02. The van der Waals surface area contributed by atoms with Gasteiger partial charge in [0.25, 0.3) is 0 Å². The number of hydrogen-bond donors (Lipinski definition) is 0. The van der Waals surface area contributed by atoms with Gasteiger partial charge in [0.1, 0.15) is 18.2 Å². The summed E-state index contributed by atoms with van der Waals surface area (Å²) in [5.41, 5.74) is 1.12. The van der Waals surface area contributed by atoms with Crippen LogP contribution in [-0.2, 0) is 6.61 Å². The Hall–Kier alpha value is -1.69. The molecule has 0 atom stereocenters. The first-order valence-electron chi connectivity index (χ1n) is 5.92. The molecule has 0 N–H and O–H groups in total. The quantitative estimate of drug-likeness (QED) is 0.592. The maximum absolute atomic E-state index is 13.8. The summed E-state index contributed by atoms with van der Waals surface area (Å²) >= 11 is 11.3. The number of hydrogen-bond acceptors (Lipinski definition) is 1. The Kier molecular flexibility index (Phi) is 5.29. The van der Waals surface area contributed by atoms with Gasteiger partial charge in [-0.25, -0.2) is 4.39 Å². The van der Waals surface area contributed by atoms with Crippen LogP contribution in [0.1, 0.15) is 11.1 Å². The Balaban J connectivity index is 2.17. The first kappa shape index (κ1) is 14.7. The average molecular weight is 309 g/mol. The number of halogens is 3. The molecule has 0 aromatic heterocycles. The van der Waals surface area contributed by atoms with E-state index in [2.05, 4.69) is 11.8 Å². The lowest BCUT2D eigenvalue weighted by Crippen LogP contribution is -2.00. The van der Waals surface area contributed by atoms with Gasteiger partial charge in [-0.15, -0.1) is 11.6 Å². The fourth-order valence-corrected chi connectivity index (χ4v) is 1.90. The van der Waals surface area contributed by atoms with E-state index in [1.807, 2.05) is 18.2 Å². The highest BCUT2D eigenvalue weighted by Gasteiger charge is 2.07. The van der Waals surface area contributed by atoms with Crippen molar-refractivity contribution in [2.45, 2.75) is 6.61 Å². The molecule has 0 bridgehead atoms. The molecule has 20 heavy (non-hydrogen) atoms. The van der Waals surface area contributed by atoms with E-state index >= 15 is 0 Å². The van der Waals surface area contributed by atoms with Crippen molar-refractivity contribution in [3.8, 4) is 17.6 Å². The second-order valence-corrected chi connectivity index (χ2v) is 4.61. The molecule has 0 unspecified atom stereocenters. The van der Waals surface area contributed by atoms with Crippen molar-refractivity contribution in [1.29, 1.82) is 0 Å². The minimum Gasteiger partial charge on any atom is -0.487 e. The lowest BCUT2D eigenvalue weighted by atomic mass is 10.2. The first-order valence-corrected chi connectivity index (χ1v) is 6.83. The summed E-state index contributed by atoms with van der Waals surface area (Å²) in [5.74, 6) is 6.04. The van der Waals surface area contributed by atoms with E-state index in [0.717, 1.165) is 5.56 Å². The summed E-state index contributed by atoms with van der Waals surface area (Å²) < 4.78 is 19.4. The number of ether oxygens (including phenoxy) is 1. The molecule has 0 saturated heterocycles. The molecular weight excluding hydrogens is 298 g/mol. The van der Waals surface area contributed by atoms with Crippen LogP contribution in [0.25, 0.3) is 0 Å². The molecule has 4 heteroatoms. The molecule has 0 aliphatic carbocycles. The monoisotopic (exact) mass is 308 g/mol. The summed E-state index contributed by atoms with van der Waals surface area (Å²) in [6.45, 7) is 0.0892. The van der Waals surface area contributed by atoms with Crippen molar-refractivity contribution in [2.75, 3.05) is 5.88 Å². The molecular formula is C16H11Cl2FO. The number of para-hydroxylation sites is 1. The van der Waals surface area contributed by atoms with Crippen LogP contribution >= 0.6 is 23.2 Å². The van der Waals surface area contributed by atoms with Gasteiger partial charge in [0, 0.05) is 5.56 Å². The van der Waals surface area contributed by atoms with Gasteiger partial charge in [-0.3, -0.25) is 0 Å². The maximum atomic E-state index is 13.8. The topological polar surface area (TPSA) is 9.23 Å². The van der Waals surface area contributed by atoms with E-state index in [9.17, 15) is 4.39 Å². The standard InChI is InChI=1S/C16H11Cl2FO/c17-10-4-7-12-5-1-2-9-15(12)20-11-13-6-3-8-14(18)16(13)19/h1-3,5-6,8-9H,10-11H2. The molecule has 102 valence electrons. The van der Waals surface area contributed by atoms with Crippen LogP contribution in [0.5, 0.6) is 5.75 Å². The summed E-state index contributed by atoms with van der Waals surface area (Å²) in [4.78, 5) is 0. The van der Waals surface area contributed by atoms with E-state index in [-0.39, 0.29) is 17.5 Å². The van der Waals surface area contributed by atoms with Crippen LogP contribution in [0.2, 0.25) is 5.02 Å². The predicted octanol–water partition coefficient (Wildman–Crippen LogP) is 4.65. The van der Waals surface area contributed by atoms with Gasteiger partial charge in [0.2, 0.25) is 0 Å². The van der Waals surface area contributed by atoms with Crippen LogP contribution < -0.4 is 4.74 Å². The minimum atomic E-state index is -0.460. The first-order chi connectivity index (χ1) is 9.72. The van der Waals surface area contributed by atoms with Crippen LogP contribution in [0.15, 0.2) is 42.5 Å². The molecule has 0 radical (unpaired) electrons.